The Balaban J connectivity index is 1.44. The molecule has 2 fully saturated rings. The highest BCUT2D eigenvalue weighted by molar-refractivity contribution is 6.42. The van der Waals surface area contributed by atoms with Crippen LogP contribution in [0, 0.1) is 11.8 Å². The van der Waals surface area contributed by atoms with Gasteiger partial charge in [-0.2, -0.15) is 0 Å². The molecule has 1 aromatic rings. The molecule has 2 aliphatic rings. The molecule has 0 aromatic heterocycles. The summed E-state index contributed by atoms with van der Waals surface area (Å²) >= 11 is 12.1. The average molecular weight is 341 g/mol. The largest absolute Gasteiger partial charge is 0.317 e. The third-order valence-electron chi connectivity index (χ3n) is 5.19. The molecular weight excluding hydrogens is 315 g/mol. The van der Waals surface area contributed by atoms with Crippen LogP contribution in [0.3, 0.4) is 0 Å². The zero-order chi connectivity index (χ0) is 15.4. The molecule has 0 spiro atoms. The van der Waals surface area contributed by atoms with Crippen LogP contribution in [0.5, 0.6) is 0 Å². The maximum absolute atomic E-state index is 6.12. The van der Waals surface area contributed by atoms with Crippen molar-refractivity contribution in [2.75, 3.05) is 32.7 Å². The first-order chi connectivity index (χ1) is 10.7. The lowest BCUT2D eigenvalue weighted by molar-refractivity contribution is 0.148. The van der Waals surface area contributed by atoms with E-state index in [9.17, 15) is 0 Å². The molecular formula is C18H26Cl2N2. The number of rotatable bonds is 4. The first-order valence-corrected chi connectivity index (χ1v) is 9.33. The Bertz CT molecular complexity index is 478. The first-order valence-electron chi connectivity index (χ1n) is 8.57. The molecule has 0 saturated carbocycles. The van der Waals surface area contributed by atoms with E-state index in [1.54, 1.807) is 0 Å². The van der Waals surface area contributed by atoms with Gasteiger partial charge in [-0.25, -0.2) is 0 Å². The lowest BCUT2D eigenvalue weighted by Gasteiger charge is -2.35. The van der Waals surface area contributed by atoms with Crippen molar-refractivity contribution in [2.24, 2.45) is 11.8 Å². The van der Waals surface area contributed by atoms with Crippen LogP contribution in [0.1, 0.15) is 31.2 Å². The highest BCUT2D eigenvalue weighted by atomic mass is 35.5. The SMILES string of the molecule is Clc1ccc(CC2CCN(CC3CCNCC3)CC2)cc1Cl. The number of hydrogen-bond donors (Lipinski definition) is 1. The predicted octanol–water partition coefficient (Wildman–Crippen LogP) is 4.25. The monoisotopic (exact) mass is 340 g/mol. The molecule has 4 heteroatoms. The number of nitrogens with one attached hydrogen (secondary N) is 1. The number of hydrogen-bond acceptors (Lipinski definition) is 2. The minimum absolute atomic E-state index is 0.655. The number of benzene rings is 1. The highest BCUT2D eigenvalue weighted by Gasteiger charge is 2.22. The number of piperidine rings is 2. The van der Waals surface area contributed by atoms with E-state index in [0.29, 0.717) is 10.0 Å². The second kappa shape index (κ2) is 8.01. The Morgan fingerprint density at radius 2 is 1.68 bits per heavy atom. The number of halogens is 2. The van der Waals surface area contributed by atoms with E-state index in [1.807, 2.05) is 12.1 Å². The fourth-order valence-corrected chi connectivity index (χ4v) is 4.12. The van der Waals surface area contributed by atoms with E-state index < -0.39 is 0 Å². The van der Waals surface area contributed by atoms with E-state index in [-0.39, 0.29) is 0 Å². The summed E-state index contributed by atoms with van der Waals surface area (Å²) in [5.74, 6) is 1.70. The van der Waals surface area contributed by atoms with E-state index >= 15 is 0 Å². The topological polar surface area (TPSA) is 15.3 Å². The standard InChI is InChI=1S/C18H26Cl2N2/c19-17-2-1-16(12-18(17)20)11-14-5-9-22(10-6-14)13-15-3-7-21-8-4-15/h1-2,12,14-15,21H,3-11,13H2. The summed E-state index contributed by atoms with van der Waals surface area (Å²) in [6, 6.07) is 6.08. The summed E-state index contributed by atoms with van der Waals surface area (Å²) in [6.45, 7) is 6.24. The summed E-state index contributed by atoms with van der Waals surface area (Å²) in [4.78, 5) is 2.68. The quantitative estimate of drug-likeness (QED) is 0.881. The van der Waals surface area contributed by atoms with Crippen LogP contribution in [0.25, 0.3) is 0 Å². The molecule has 0 bridgehead atoms. The second-order valence-corrected chi connectivity index (χ2v) is 7.70. The van der Waals surface area contributed by atoms with E-state index in [2.05, 4.69) is 16.3 Å². The molecule has 0 unspecified atom stereocenters. The molecule has 2 saturated heterocycles. The van der Waals surface area contributed by atoms with Crippen molar-refractivity contribution >= 4 is 23.2 Å². The van der Waals surface area contributed by atoms with Crippen LogP contribution in [-0.4, -0.2) is 37.6 Å². The molecule has 0 amide bonds. The van der Waals surface area contributed by atoms with Gasteiger partial charge in [-0.05, 0) is 87.8 Å². The van der Waals surface area contributed by atoms with Crippen molar-refractivity contribution in [2.45, 2.75) is 32.1 Å². The van der Waals surface area contributed by atoms with Crippen molar-refractivity contribution in [1.29, 1.82) is 0 Å². The predicted molar refractivity (Wildman–Crippen MR) is 94.9 cm³/mol. The van der Waals surface area contributed by atoms with Crippen molar-refractivity contribution in [1.82, 2.24) is 10.2 Å². The minimum atomic E-state index is 0.655. The fourth-order valence-electron chi connectivity index (χ4n) is 3.80. The smallest absolute Gasteiger partial charge is 0.0595 e. The van der Waals surface area contributed by atoms with Gasteiger partial charge in [-0.1, -0.05) is 29.3 Å². The first kappa shape index (κ1) is 16.6. The van der Waals surface area contributed by atoms with Crippen molar-refractivity contribution in [3.63, 3.8) is 0 Å². The summed E-state index contributed by atoms with van der Waals surface area (Å²) in [5.41, 5.74) is 1.33. The Hall–Kier alpha value is -0.280. The van der Waals surface area contributed by atoms with Crippen LogP contribution < -0.4 is 5.32 Å². The molecule has 2 nitrogen and oxygen atoms in total. The maximum Gasteiger partial charge on any atom is 0.0595 e. The molecule has 1 N–H and O–H groups in total. The van der Waals surface area contributed by atoms with Crippen LogP contribution in [-0.2, 0) is 6.42 Å². The van der Waals surface area contributed by atoms with Gasteiger partial charge >= 0.3 is 0 Å². The Kier molecular flexibility index (Phi) is 6.03. The van der Waals surface area contributed by atoms with Crippen LogP contribution in [0.15, 0.2) is 18.2 Å². The normalized spacial score (nSPS) is 22.1. The van der Waals surface area contributed by atoms with Crippen molar-refractivity contribution in [3.05, 3.63) is 33.8 Å². The van der Waals surface area contributed by atoms with Crippen molar-refractivity contribution < 1.29 is 0 Å². The molecule has 1 aromatic carbocycles. The Labute approximate surface area is 144 Å². The van der Waals surface area contributed by atoms with Crippen molar-refractivity contribution in [3.8, 4) is 0 Å². The van der Waals surface area contributed by atoms with Gasteiger partial charge in [-0.3, -0.25) is 0 Å². The van der Waals surface area contributed by atoms with Gasteiger partial charge in [0.1, 0.15) is 0 Å². The molecule has 0 aliphatic carbocycles. The van der Waals surface area contributed by atoms with Crippen LogP contribution in [0.2, 0.25) is 10.0 Å². The molecule has 0 radical (unpaired) electrons. The van der Waals surface area contributed by atoms with Gasteiger partial charge < -0.3 is 10.2 Å². The third-order valence-corrected chi connectivity index (χ3v) is 5.93. The zero-order valence-corrected chi connectivity index (χ0v) is 14.7. The van der Waals surface area contributed by atoms with Gasteiger partial charge in [-0.15, -0.1) is 0 Å². The van der Waals surface area contributed by atoms with Gasteiger partial charge in [0.15, 0.2) is 0 Å². The van der Waals surface area contributed by atoms with E-state index in [1.165, 1.54) is 64.0 Å². The van der Waals surface area contributed by atoms with Gasteiger partial charge in [0.25, 0.3) is 0 Å². The molecule has 22 heavy (non-hydrogen) atoms. The van der Waals surface area contributed by atoms with Crippen LogP contribution in [0.4, 0.5) is 0 Å². The third kappa shape index (κ3) is 4.61. The van der Waals surface area contributed by atoms with E-state index in [0.717, 1.165) is 18.3 Å². The molecule has 2 heterocycles. The average Bonchev–Trinajstić information content (AvgIpc) is 2.54. The summed E-state index contributed by atoms with van der Waals surface area (Å²) < 4.78 is 0. The summed E-state index contributed by atoms with van der Waals surface area (Å²) in [5, 5.41) is 4.79. The van der Waals surface area contributed by atoms with Gasteiger partial charge in [0, 0.05) is 6.54 Å². The fraction of sp³-hybridized carbons (Fsp3) is 0.667. The zero-order valence-electron chi connectivity index (χ0n) is 13.2. The number of nitrogens with zero attached hydrogens (tertiary/aromatic N) is 1. The van der Waals surface area contributed by atoms with Crippen LogP contribution >= 0.6 is 23.2 Å². The Morgan fingerprint density at radius 1 is 0.955 bits per heavy atom. The maximum atomic E-state index is 6.12. The lowest BCUT2D eigenvalue weighted by Crippen LogP contribution is -2.40. The summed E-state index contributed by atoms with van der Waals surface area (Å²) in [6.07, 6.45) is 6.46. The summed E-state index contributed by atoms with van der Waals surface area (Å²) in [7, 11) is 0. The van der Waals surface area contributed by atoms with Gasteiger partial charge in [0.05, 0.1) is 10.0 Å². The Morgan fingerprint density at radius 3 is 2.36 bits per heavy atom. The minimum Gasteiger partial charge on any atom is -0.317 e. The van der Waals surface area contributed by atoms with E-state index in [4.69, 9.17) is 23.2 Å². The highest BCUT2D eigenvalue weighted by Crippen LogP contribution is 2.27. The molecule has 3 rings (SSSR count). The lowest BCUT2D eigenvalue weighted by atomic mass is 9.89. The van der Waals surface area contributed by atoms with Gasteiger partial charge in [0.2, 0.25) is 0 Å². The number of likely N-dealkylation sites (tertiary alicyclic amines) is 1. The molecule has 0 atom stereocenters. The second-order valence-electron chi connectivity index (χ2n) is 6.89. The molecule has 2 aliphatic heterocycles. The molecule has 122 valence electrons.